The predicted octanol–water partition coefficient (Wildman–Crippen LogP) is 2.60. The average Bonchev–Trinajstić information content (AvgIpc) is 2.52. The van der Waals surface area contributed by atoms with Crippen LogP contribution in [0.3, 0.4) is 0 Å². The Labute approximate surface area is 115 Å². The van der Waals surface area contributed by atoms with Gasteiger partial charge < -0.3 is 10.4 Å². The van der Waals surface area contributed by atoms with Gasteiger partial charge in [0.2, 0.25) is 5.43 Å². The van der Waals surface area contributed by atoms with Crippen LogP contribution in [0.25, 0.3) is 0 Å². The van der Waals surface area contributed by atoms with E-state index in [9.17, 15) is 9.90 Å². The van der Waals surface area contributed by atoms with Crippen LogP contribution in [-0.2, 0) is 0 Å². The van der Waals surface area contributed by atoms with Gasteiger partial charge in [0.05, 0.1) is 5.69 Å². The first-order valence-electron chi connectivity index (χ1n) is 6.20. The number of hydrogen-bond donors (Lipinski definition) is 2. The van der Waals surface area contributed by atoms with Crippen LogP contribution >= 0.6 is 0 Å². The van der Waals surface area contributed by atoms with E-state index in [2.05, 4.69) is 10.3 Å². The summed E-state index contributed by atoms with van der Waals surface area (Å²) in [6.45, 7) is 0. The van der Waals surface area contributed by atoms with Gasteiger partial charge in [0.15, 0.2) is 11.1 Å². The topological polar surface area (TPSA) is 61.7 Å². The molecule has 0 radical (unpaired) electrons. The molecule has 0 spiro atoms. The third-order valence-electron chi connectivity index (χ3n) is 2.94. The Bertz CT molecular complexity index is 802. The highest BCUT2D eigenvalue weighted by Gasteiger charge is 2.18. The molecule has 0 fully saturated rings. The van der Waals surface area contributed by atoms with Gasteiger partial charge in [-0.25, -0.2) is 4.99 Å². The minimum atomic E-state index is -0.282. The lowest BCUT2D eigenvalue weighted by molar-refractivity contribution is 0.464. The lowest BCUT2D eigenvalue weighted by atomic mass is 10.2. The van der Waals surface area contributed by atoms with E-state index in [-0.39, 0.29) is 22.2 Å². The van der Waals surface area contributed by atoms with Crippen molar-refractivity contribution in [2.24, 2.45) is 4.99 Å². The highest BCUT2D eigenvalue weighted by atomic mass is 16.3. The molecule has 0 aliphatic rings. The number of benzene rings is 2. The third-order valence-corrected chi connectivity index (χ3v) is 2.94. The van der Waals surface area contributed by atoms with Crippen LogP contribution < -0.4 is 16.1 Å². The molecule has 4 heteroatoms. The molecule has 20 heavy (non-hydrogen) atoms. The van der Waals surface area contributed by atoms with E-state index in [1.165, 1.54) is 0 Å². The van der Waals surface area contributed by atoms with Gasteiger partial charge in [-0.15, -0.1) is 0 Å². The summed E-state index contributed by atoms with van der Waals surface area (Å²) in [6, 6.07) is 18.3. The van der Waals surface area contributed by atoms with Crippen molar-refractivity contribution in [3.05, 3.63) is 76.2 Å². The summed E-state index contributed by atoms with van der Waals surface area (Å²) in [5.74, 6) is -0.0947. The van der Waals surface area contributed by atoms with Gasteiger partial charge in [0, 0.05) is 5.69 Å². The second kappa shape index (κ2) is 5.01. The number of rotatable bonds is 3. The zero-order chi connectivity index (χ0) is 13.9. The highest BCUT2D eigenvalue weighted by Crippen LogP contribution is 2.21. The van der Waals surface area contributed by atoms with E-state index in [0.29, 0.717) is 5.69 Å². The Hall–Kier alpha value is -2.88. The number of anilines is 2. The molecule has 0 saturated carbocycles. The lowest BCUT2D eigenvalue weighted by Crippen LogP contribution is -2.33. The van der Waals surface area contributed by atoms with E-state index in [1.54, 1.807) is 12.1 Å². The molecule has 98 valence electrons. The monoisotopic (exact) mass is 264 g/mol. The van der Waals surface area contributed by atoms with Crippen LogP contribution in [-0.4, -0.2) is 5.11 Å². The summed E-state index contributed by atoms with van der Waals surface area (Å²) in [5, 5.41) is 12.9. The Morgan fingerprint density at radius 2 is 1.50 bits per heavy atom. The van der Waals surface area contributed by atoms with E-state index in [0.717, 1.165) is 5.69 Å². The Kier molecular flexibility index (Phi) is 3.05. The number of hydrogen-bond acceptors (Lipinski definition) is 4. The molecule has 0 heterocycles. The molecular formula is C16H12N2O2. The third kappa shape index (κ3) is 2.19. The van der Waals surface area contributed by atoms with Crippen LogP contribution in [0.2, 0.25) is 0 Å². The zero-order valence-electron chi connectivity index (χ0n) is 10.6. The van der Waals surface area contributed by atoms with Crippen molar-refractivity contribution in [1.82, 2.24) is 0 Å². The smallest absolute Gasteiger partial charge is 0.235 e. The molecule has 3 aromatic rings. The van der Waals surface area contributed by atoms with Gasteiger partial charge in [-0.1, -0.05) is 36.4 Å². The number of aromatic hydroxyl groups is 1. The van der Waals surface area contributed by atoms with Crippen molar-refractivity contribution >= 4 is 17.1 Å². The van der Waals surface area contributed by atoms with Crippen molar-refractivity contribution < 1.29 is 5.11 Å². The average molecular weight is 264 g/mol. The molecule has 0 aliphatic heterocycles. The van der Waals surface area contributed by atoms with E-state index in [1.807, 2.05) is 48.5 Å². The molecule has 0 atom stereocenters. The Balaban J connectivity index is 1.93. The van der Waals surface area contributed by atoms with Gasteiger partial charge in [-0.2, -0.15) is 0 Å². The standard InChI is InChI=1S/C16H12N2O2/c19-15-13(17-11-7-3-1-4-8-11)16(20)14(15)18-12-9-5-2-6-10-12/h1-10,17,19H/b18-14-. The largest absolute Gasteiger partial charge is 0.504 e. The summed E-state index contributed by atoms with van der Waals surface area (Å²) >= 11 is 0. The summed E-state index contributed by atoms with van der Waals surface area (Å²) in [6.07, 6.45) is 0. The zero-order valence-corrected chi connectivity index (χ0v) is 10.6. The maximum Gasteiger partial charge on any atom is 0.235 e. The van der Waals surface area contributed by atoms with E-state index < -0.39 is 0 Å². The predicted molar refractivity (Wildman–Crippen MR) is 78.1 cm³/mol. The fraction of sp³-hybridized carbons (Fsp3) is 0. The van der Waals surface area contributed by atoms with Crippen molar-refractivity contribution in [3.8, 4) is 5.75 Å². The molecular weight excluding hydrogens is 252 g/mol. The first kappa shape index (κ1) is 12.2. The van der Waals surface area contributed by atoms with Gasteiger partial charge in [-0.05, 0) is 24.3 Å². The van der Waals surface area contributed by atoms with Crippen molar-refractivity contribution in [2.75, 3.05) is 5.32 Å². The fourth-order valence-corrected chi connectivity index (χ4v) is 1.91. The fourth-order valence-electron chi connectivity index (χ4n) is 1.91. The molecule has 0 aliphatic carbocycles. The normalized spacial score (nSPS) is 11.7. The van der Waals surface area contributed by atoms with Crippen molar-refractivity contribution in [2.45, 2.75) is 0 Å². The van der Waals surface area contributed by atoms with Gasteiger partial charge in [-0.3, -0.25) is 4.79 Å². The van der Waals surface area contributed by atoms with E-state index in [4.69, 9.17) is 0 Å². The van der Waals surface area contributed by atoms with Crippen molar-refractivity contribution in [3.63, 3.8) is 0 Å². The van der Waals surface area contributed by atoms with Crippen LogP contribution in [0.15, 0.2) is 70.5 Å². The molecule has 4 nitrogen and oxygen atoms in total. The quantitative estimate of drug-likeness (QED) is 0.764. The van der Waals surface area contributed by atoms with Crippen LogP contribution in [0, 0.1) is 0 Å². The van der Waals surface area contributed by atoms with Gasteiger partial charge in [0.1, 0.15) is 5.69 Å². The second-order valence-electron chi connectivity index (χ2n) is 4.34. The summed E-state index contributed by atoms with van der Waals surface area (Å²) in [5.41, 5.74) is 1.29. The van der Waals surface area contributed by atoms with Crippen LogP contribution in [0.1, 0.15) is 0 Å². The number of para-hydroxylation sites is 2. The molecule has 3 aromatic carbocycles. The maximum absolute atomic E-state index is 12.0. The molecule has 0 saturated heterocycles. The first-order valence-corrected chi connectivity index (χ1v) is 6.20. The Morgan fingerprint density at radius 3 is 2.10 bits per heavy atom. The van der Waals surface area contributed by atoms with Gasteiger partial charge >= 0.3 is 0 Å². The van der Waals surface area contributed by atoms with Crippen LogP contribution in [0.4, 0.5) is 17.1 Å². The molecule has 2 N–H and O–H groups in total. The maximum atomic E-state index is 12.0. The molecule has 3 rings (SSSR count). The lowest BCUT2D eigenvalue weighted by Gasteiger charge is -2.10. The molecule has 0 amide bonds. The molecule has 0 aromatic heterocycles. The summed E-state index contributed by atoms with van der Waals surface area (Å²) in [4.78, 5) is 16.1. The molecule has 0 bridgehead atoms. The number of nitrogens with zero attached hydrogens (tertiary/aromatic N) is 1. The second-order valence-corrected chi connectivity index (χ2v) is 4.34. The minimum Gasteiger partial charge on any atom is -0.504 e. The van der Waals surface area contributed by atoms with Gasteiger partial charge in [0.25, 0.3) is 0 Å². The van der Waals surface area contributed by atoms with Crippen LogP contribution in [0.5, 0.6) is 5.75 Å². The minimum absolute atomic E-state index is 0.0923. The SMILES string of the molecule is O=c1c(Nc2ccccc2)c(O)/c1=N/c1ccccc1. The number of nitrogens with one attached hydrogen (secondary N) is 1. The molecule has 0 unspecified atom stereocenters. The highest BCUT2D eigenvalue weighted by molar-refractivity contribution is 5.69. The summed E-state index contributed by atoms with van der Waals surface area (Å²) in [7, 11) is 0. The van der Waals surface area contributed by atoms with Crippen molar-refractivity contribution in [1.29, 1.82) is 0 Å². The summed E-state index contributed by atoms with van der Waals surface area (Å²) < 4.78 is 0. The first-order chi connectivity index (χ1) is 9.75. The Morgan fingerprint density at radius 1 is 0.900 bits per heavy atom. The van der Waals surface area contributed by atoms with E-state index >= 15 is 0 Å².